The van der Waals surface area contributed by atoms with Gasteiger partial charge in [0, 0.05) is 36.9 Å². The van der Waals surface area contributed by atoms with Crippen molar-refractivity contribution >= 4 is 43.5 Å². The van der Waals surface area contributed by atoms with Crippen LogP contribution in [-0.2, 0) is 32.6 Å². The van der Waals surface area contributed by atoms with Gasteiger partial charge in [0.2, 0.25) is 21.8 Å². The quantitative estimate of drug-likeness (QED) is 0.230. The second-order valence-electron chi connectivity index (χ2n) is 11.3. The molecule has 0 bridgehead atoms. The van der Waals surface area contributed by atoms with Crippen molar-refractivity contribution in [2.45, 2.75) is 59.5 Å². The average molecular weight is 657 g/mol. The lowest BCUT2D eigenvalue weighted by Gasteiger charge is -2.32. The monoisotopic (exact) mass is 655 g/mol. The van der Waals surface area contributed by atoms with Crippen LogP contribution in [0.5, 0.6) is 0 Å². The van der Waals surface area contributed by atoms with Gasteiger partial charge >= 0.3 is 0 Å². The van der Waals surface area contributed by atoms with Crippen molar-refractivity contribution < 1.29 is 18.0 Å². The highest BCUT2D eigenvalue weighted by atomic mass is 79.9. The molecule has 0 radical (unpaired) electrons. The van der Waals surface area contributed by atoms with Crippen molar-refractivity contribution in [1.29, 1.82) is 0 Å². The minimum atomic E-state index is -3.57. The summed E-state index contributed by atoms with van der Waals surface area (Å²) in [4.78, 5) is 29.2. The number of amides is 2. The molecule has 9 heteroatoms. The van der Waals surface area contributed by atoms with Gasteiger partial charge in [-0.1, -0.05) is 78.3 Å². The highest BCUT2D eigenvalue weighted by Crippen LogP contribution is 2.23. The average Bonchev–Trinajstić information content (AvgIpc) is 2.91. The van der Waals surface area contributed by atoms with Gasteiger partial charge in [0.1, 0.15) is 6.04 Å². The molecule has 3 rings (SSSR count). The lowest BCUT2D eigenvalue weighted by Crippen LogP contribution is -2.51. The fourth-order valence-electron chi connectivity index (χ4n) is 4.86. The minimum absolute atomic E-state index is 0.0933. The van der Waals surface area contributed by atoms with Gasteiger partial charge in [0.25, 0.3) is 0 Å². The molecule has 0 saturated carbocycles. The normalized spacial score (nSPS) is 12.2. The Labute approximate surface area is 259 Å². The number of hydrogen-bond acceptors (Lipinski definition) is 4. The number of nitrogens with zero attached hydrogens (tertiary/aromatic N) is 2. The SMILES string of the molecule is Cc1cc(C)cc(N(CCCC(=O)N(Cc2ccc(Br)cc2)[C@H](Cc2ccccc2)C(=O)NCC(C)C)S(C)(=O)=O)c1. The molecule has 0 aliphatic carbocycles. The third-order valence-electron chi connectivity index (χ3n) is 6.87. The molecular weight excluding hydrogens is 614 g/mol. The summed E-state index contributed by atoms with van der Waals surface area (Å²) in [6.45, 7) is 8.83. The molecule has 0 spiro atoms. The third-order valence-corrected chi connectivity index (χ3v) is 8.59. The molecule has 0 fully saturated rings. The number of carbonyl (C=O) groups excluding carboxylic acids is 2. The molecule has 1 N–H and O–H groups in total. The van der Waals surface area contributed by atoms with Gasteiger partial charge < -0.3 is 10.2 Å². The summed E-state index contributed by atoms with van der Waals surface area (Å²) in [5.74, 6) is -0.146. The first-order valence-electron chi connectivity index (χ1n) is 14.2. The van der Waals surface area contributed by atoms with Crippen LogP contribution in [0.3, 0.4) is 0 Å². The summed E-state index contributed by atoms with van der Waals surface area (Å²) >= 11 is 3.46. The lowest BCUT2D eigenvalue weighted by atomic mass is 10.0. The predicted molar refractivity (Wildman–Crippen MR) is 174 cm³/mol. The number of carbonyl (C=O) groups is 2. The Balaban J connectivity index is 1.89. The van der Waals surface area contributed by atoms with Gasteiger partial charge in [-0.05, 0) is 72.7 Å². The van der Waals surface area contributed by atoms with Crippen LogP contribution in [0.1, 0.15) is 48.9 Å². The summed E-state index contributed by atoms with van der Waals surface area (Å²) in [7, 11) is -3.57. The number of halogens is 1. The van der Waals surface area contributed by atoms with E-state index in [4.69, 9.17) is 0 Å². The number of nitrogens with one attached hydrogen (secondary N) is 1. The van der Waals surface area contributed by atoms with E-state index in [-0.39, 0.29) is 37.2 Å². The summed E-state index contributed by atoms with van der Waals surface area (Å²) in [5.41, 5.74) is 4.37. The molecule has 42 heavy (non-hydrogen) atoms. The van der Waals surface area contributed by atoms with Gasteiger partial charge in [0.05, 0.1) is 11.9 Å². The molecule has 2 amide bonds. The van der Waals surface area contributed by atoms with Gasteiger partial charge in [-0.15, -0.1) is 0 Å². The maximum Gasteiger partial charge on any atom is 0.243 e. The van der Waals surface area contributed by atoms with E-state index in [0.717, 1.165) is 26.7 Å². The first kappa shape index (κ1) is 33.3. The summed E-state index contributed by atoms with van der Waals surface area (Å²) in [6.07, 6.45) is 1.95. The molecule has 0 heterocycles. The van der Waals surface area contributed by atoms with E-state index in [1.807, 2.05) is 100 Å². The van der Waals surface area contributed by atoms with Crippen LogP contribution >= 0.6 is 15.9 Å². The topological polar surface area (TPSA) is 86.8 Å². The van der Waals surface area contributed by atoms with Crippen molar-refractivity contribution in [2.75, 3.05) is 23.7 Å². The van der Waals surface area contributed by atoms with Crippen LogP contribution in [0.25, 0.3) is 0 Å². The van der Waals surface area contributed by atoms with Crippen LogP contribution in [0.2, 0.25) is 0 Å². The molecule has 3 aromatic rings. The zero-order chi connectivity index (χ0) is 30.9. The van der Waals surface area contributed by atoms with Crippen LogP contribution in [0.4, 0.5) is 5.69 Å². The first-order valence-corrected chi connectivity index (χ1v) is 16.9. The Bertz CT molecular complexity index is 1420. The van der Waals surface area contributed by atoms with Crippen LogP contribution < -0.4 is 9.62 Å². The largest absolute Gasteiger partial charge is 0.354 e. The molecule has 226 valence electrons. The Morgan fingerprint density at radius 3 is 2.10 bits per heavy atom. The van der Waals surface area contributed by atoms with E-state index in [2.05, 4.69) is 21.2 Å². The second-order valence-corrected chi connectivity index (χ2v) is 14.1. The van der Waals surface area contributed by atoms with Gasteiger partial charge in [-0.3, -0.25) is 13.9 Å². The Kier molecular flexibility index (Phi) is 12.2. The van der Waals surface area contributed by atoms with Crippen molar-refractivity contribution in [3.05, 3.63) is 99.5 Å². The van der Waals surface area contributed by atoms with Crippen molar-refractivity contribution in [3.63, 3.8) is 0 Å². The van der Waals surface area contributed by atoms with Crippen LogP contribution in [0, 0.1) is 19.8 Å². The van der Waals surface area contributed by atoms with Crippen LogP contribution in [-0.4, -0.2) is 50.5 Å². The minimum Gasteiger partial charge on any atom is -0.354 e. The number of anilines is 1. The highest BCUT2D eigenvalue weighted by Gasteiger charge is 2.30. The molecule has 0 unspecified atom stereocenters. The van der Waals surface area contributed by atoms with E-state index in [1.54, 1.807) is 4.90 Å². The molecule has 3 aromatic carbocycles. The van der Waals surface area contributed by atoms with Gasteiger partial charge in [-0.2, -0.15) is 0 Å². The van der Waals surface area contributed by atoms with E-state index in [9.17, 15) is 18.0 Å². The summed E-state index contributed by atoms with van der Waals surface area (Å²) in [5, 5.41) is 3.03. The zero-order valence-electron chi connectivity index (χ0n) is 25.1. The molecule has 7 nitrogen and oxygen atoms in total. The Morgan fingerprint density at radius 1 is 0.905 bits per heavy atom. The van der Waals surface area contributed by atoms with Crippen molar-refractivity contribution in [2.24, 2.45) is 5.92 Å². The zero-order valence-corrected chi connectivity index (χ0v) is 27.5. The number of aryl methyl sites for hydroxylation is 2. The smallest absolute Gasteiger partial charge is 0.243 e. The molecular formula is C33H42BrN3O4S. The Morgan fingerprint density at radius 2 is 1.52 bits per heavy atom. The van der Waals surface area contributed by atoms with E-state index < -0.39 is 16.1 Å². The maximum atomic E-state index is 13.9. The predicted octanol–water partition coefficient (Wildman–Crippen LogP) is 6.02. The number of sulfonamides is 1. The summed E-state index contributed by atoms with van der Waals surface area (Å²) in [6, 6.07) is 22.3. The fraction of sp³-hybridized carbons (Fsp3) is 0.394. The van der Waals surface area contributed by atoms with E-state index >= 15 is 0 Å². The Hall–Kier alpha value is -3.17. The third kappa shape index (κ3) is 10.3. The lowest BCUT2D eigenvalue weighted by molar-refractivity contribution is -0.141. The van der Waals surface area contributed by atoms with Gasteiger partial charge in [-0.25, -0.2) is 8.42 Å². The standard InChI is InChI=1S/C33H42BrN3O4S/c1-24(2)22-35-33(39)31(21-27-10-7-6-8-11-27)36(23-28-13-15-29(34)16-14-28)32(38)12-9-17-37(42(5,40)41)30-19-25(3)18-26(4)20-30/h6-8,10-11,13-16,18-20,24,31H,9,12,17,21-23H2,1-5H3,(H,35,39)/t31-/m1/s1. The van der Waals surface area contributed by atoms with Crippen LogP contribution in [0.15, 0.2) is 77.3 Å². The number of hydrogen-bond donors (Lipinski definition) is 1. The van der Waals surface area contributed by atoms with Crippen molar-refractivity contribution in [1.82, 2.24) is 10.2 Å². The van der Waals surface area contributed by atoms with E-state index in [0.29, 0.717) is 25.1 Å². The highest BCUT2D eigenvalue weighted by molar-refractivity contribution is 9.10. The maximum absolute atomic E-state index is 13.9. The number of benzene rings is 3. The number of rotatable bonds is 14. The summed E-state index contributed by atoms with van der Waals surface area (Å²) < 4.78 is 27.7. The van der Waals surface area contributed by atoms with Crippen molar-refractivity contribution in [3.8, 4) is 0 Å². The molecule has 0 aromatic heterocycles. The van der Waals surface area contributed by atoms with Gasteiger partial charge in [0.15, 0.2) is 0 Å². The molecule has 0 aliphatic heterocycles. The first-order chi connectivity index (χ1) is 19.8. The second kappa shape index (κ2) is 15.3. The molecule has 1 atom stereocenters. The molecule has 0 aliphatic rings. The molecule has 0 saturated heterocycles. The fourth-order valence-corrected chi connectivity index (χ4v) is 6.07. The van der Waals surface area contributed by atoms with E-state index in [1.165, 1.54) is 10.6 Å².